The van der Waals surface area contributed by atoms with E-state index in [2.05, 4.69) is 0 Å². The molecule has 1 aliphatic rings. The monoisotopic (exact) mass is 142 g/mol. The molecule has 5 nitrogen and oxygen atoms in total. The molecule has 0 spiro atoms. The van der Waals surface area contributed by atoms with Crippen molar-refractivity contribution in [2.45, 2.75) is 0 Å². The molecule has 1 fully saturated rings. The number of carbonyl (C=O) groups is 3. The number of nitrogens with zero attached hydrogens (tertiary/aromatic N) is 2. The molecule has 1 aliphatic heterocycles. The van der Waals surface area contributed by atoms with Crippen molar-refractivity contribution < 1.29 is 14.4 Å². The molecule has 4 amide bonds. The fraction of sp³-hybridized carbons (Fsp3) is 0.400. The molecule has 0 aromatic carbocycles. The molecule has 5 heteroatoms. The van der Waals surface area contributed by atoms with Gasteiger partial charge >= 0.3 is 6.03 Å². The van der Waals surface area contributed by atoms with Crippen molar-refractivity contribution in [3.63, 3.8) is 0 Å². The van der Waals surface area contributed by atoms with Crippen molar-refractivity contribution in [2.75, 3.05) is 13.1 Å². The van der Waals surface area contributed by atoms with E-state index < -0.39 is 6.03 Å². The molecular weight excluding hydrogens is 136 g/mol. The molecule has 0 aromatic heterocycles. The predicted octanol–water partition coefficient (Wildman–Crippen LogP) is -0.963. The van der Waals surface area contributed by atoms with Crippen LogP contribution in [-0.2, 0) is 9.59 Å². The molecule has 1 rings (SSSR count). The van der Waals surface area contributed by atoms with Gasteiger partial charge in [-0.15, -0.1) is 0 Å². The highest BCUT2D eigenvalue weighted by Crippen LogP contribution is 2.02. The second-order valence-electron chi connectivity index (χ2n) is 1.88. The van der Waals surface area contributed by atoms with Gasteiger partial charge < -0.3 is 0 Å². The predicted molar refractivity (Wildman–Crippen MR) is 30.9 cm³/mol. The average Bonchev–Trinajstić information content (AvgIpc) is 2.30. The van der Waals surface area contributed by atoms with Crippen molar-refractivity contribution >= 4 is 18.9 Å². The van der Waals surface area contributed by atoms with E-state index in [0.717, 1.165) is 9.80 Å². The van der Waals surface area contributed by atoms with Crippen molar-refractivity contribution in [1.82, 2.24) is 9.80 Å². The number of amides is 4. The third-order valence-electron chi connectivity index (χ3n) is 1.33. The summed E-state index contributed by atoms with van der Waals surface area (Å²) >= 11 is 0. The Bertz CT molecular complexity index is 162. The van der Waals surface area contributed by atoms with Crippen molar-refractivity contribution in [3.8, 4) is 0 Å². The fourth-order valence-electron chi connectivity index (χ4n) is 0.767. The Morgan fingerprint density at radius 1 is 1.10 bits per heavy atom. The SMILES string of the molecule is O=CN1CCN(C=O)C1=O. The van der Waals surface area contributed by atoms with Gasteiger partial charge in [0.05, 0.1) is 0 Å². The van der Waals surface area contributed by atoms with Crippen LogP contribution in [0.25, 0.3) is 0 Å². The third-order valence-corrected chi connectivity index (χ3v) is 1.33. The van der Waals surface area contributed by atoms with Gasteiger partial charge in [0.1, 0.15) is 0 Å². The lowest BCUT2D eigenvalue weighted by atomic mass is 10.6. The van der Waals surface area contributed by atoms with E-state index in [0.29, 0.717) is 25.9 Å². The summed E-state index contributed by atoms with van der Waals surface area (Å²) in [6, 6.07) is -0.537. The van der Waals surface area contributed by atoms with Gasteiger partial charge in [-0.1, -0.05) is 0 Å². The number of urea groups is 1. The van der Waals surface area contributed by atoms with Crippen molar-refractivity contribution in [1.29, 1.82) is 0 Å². The zero-order valence-electron chi connectivity index (χ0n) is 5.19. The summed E-state index contributed by atoms with van der Waals surface area (Å²) in [4.78, 5) is 32.7. The van der Waals surface area contributed by atoms with Crippen LogP contribution in [0.5, 0.6) is 0 Å². The Morgan fingerprint density at radius 3 is 1.70 bits per heavy atom. The van der Waals surface area contributed by atoms with Gasteiger partial charge in [0.15, 0.2) is 0 Å². The maximum atomic E-state index is 10.8. The first-order chi connectivity index (χ1) is 4.79. The maximum Gasteiger partial charge on any atom is 0.333 e. The van der Waals surface area contributed by atoms with Crippen LogP contribution in [0.2, 0.25) is 0 Å². The maximum absolute atomic E-state index is 10.8. The third kappa shape index (κ3) is 0.854. The molecule has 0 N–H and O–H groups in total. The van der Waals surface area contributed by atoms with Gasteiger partial charge in [-0.2, -0.15) is 0 Å². The minimum absolute atomic E-state index is 0.307. The lowest BCUT2D eigenvalue weighted by Crippen LogP contribution is -2.29. The van der Waals surface area contributed by atoms with Gasteiger partial charge in [0, 0.05) is 13.1 Å². The van der Waals surface area contributed by atoms with Crippen LogP contribution in [0.15, 0.2) is 0 Å². The fourth-order valence-corrected chi connectivity index (χ4v) is 0.767. The second kappa shape index (κ2) is 2.47. The van der Waals surface area contributed by atoms with Crippen molar-refractivity contribution in [3.05, 3.63) is 0 Å². The van der Waals surface area contributed by atoms with E-state index in [1.165, 1.54) is 0 Å². The van der Waals surface area contributed by atoms with Crippen molar-refractivity contribution in [2.24, 2.45) is 0 Å². The molecule has 0 aliphatic carbocycles. The lowest BCUT2D eigenvalue weighted by molar-refractivity contribution is -0.115. The van der Waals surface area contributed by atoms with E-state index in [9.17, 15) is 14.4 Å². The lowest BCUT2D eigenvalue weighted by Gasteiger charge is -2.04. The van der Waals surface area contributed by atoms with Crippen LogP contribution in [0.4, 0.5) is 4.79 Å². The Hall–Kier alpha value is -1.39. The van der Waals surface area contributed by atoms with Crippen LogP contribution >= 0.6 is 0 Å². The number of hydrogen-bond donors (Lipinski definition) is 0. The topological polar surface area (TPSA) is 57.7 Å². The second-order valence-corrected chi connectivity index (χ2v) is 1.88. The van der Waals surface area contributed by atoms with E-state index in [1.54, 1.807) is 0 Å². The zero-order chi connectivity index (χ0) is 7.56. The van der Waals surface area contributed by atoms with Gasteiger partial charge in [0.25, 0.3) is 0 Å². The highest BCUT2D eigenvalue weighted by molar-refractivity contribution is 5.93. The molecule has 10 heavy (non-hydrogen) atoms. The minimum Gasteiger partial charge on any atom is -0.278 e. The molecule has 1 heterocycles. The number of carbonyl (C=O) groups excluding carboxylic acids is 3. The molecule has 0 bridgehead atoms. The summed E-state index contributed by atoms with van der Waals surface area (Å²) < 4.78 is 0. The smallest absolute Gasteiger partial charge is 0.278 e. The van der Waals surface area contributed by atoms with E-state index in [-0.39, 0.29) is 0 Å². The molecule has 0 saturated carbocycles. The summed E-state index contributed by atoms with van der Waals surface area (Å²) in [6.07, 6.45) is 0.845. The van der Waals surface area contributed by atoms with E-state index >= 15 is 0 Å². The number of rotatable bonds is 2. The molecule has 0 radical (unpaired) electrons. The first-order valence-electron chi connectivity index (χ1n) is 2.77. The average molecular weight is 142 g/mol. The Kier molecular flexibility index (Phi) is 1.66. The molecule has 0 atom stereocenters. The van der Waals surface area contributed by atoms with E-state index in [4.69, 9.17) is 0 Å². The largest absolute Gasteiger partial charge is 0.333 e. The van der Waals surface area contributed by atoms with Crippen LogP contribution in [-0.4, -0.2) is 41.7 Å². The Balaban J connectivity index is 2.66. The summed E-state index contributed by atoms with van der Waals surface area (Å²) in [5.74, 6) is 0. The summed E-state index contributed by atoms with van der Waals surface area (Å²) in [6.45, 7) is 0.613. The van der Waals surface area contributed by atoms with Crippen LogP contribution in [0.1, 0.15) is 0 Å². The summed E-state index contributed by atoms with van der Waals surface area (Å²) in [5, 5.41) is 0. The zero-order valence-corrected chi connectivity index (χ0v) is 5.19. The first kappa shape index (κ1) is 6.73. The van der Waals surface area contributed by atoms with Crippen LogP contribution in [0, 0.1) is 0 Å². The van der Waals surface area contributed by atoms with Crippen LogP contribution < -0.4 is 0 Å². The number of hydrogen-bond acceptors (Lipinski definition) is 3. The summed E-state index contributed by atoms with van der Waals surface area (Å²) in [7, 11) is 0. The van der Waals surface area contributed by atoms with Gasteiger partial charge in [-0.25, -0.2) is 4.79 Å². The molecular formula is C5H6N2O3. The number of imide groups is 2. The van der Waals surface area contributed by atoms with Gasteiger partial charge in [-0.3, -0.25) is 19.4 Å². The van der Waals surface area contributed by atoms with Gasteiger partial charge in [0.2, 0.25) is 12.8 Å². The molecule has 54 valence electrons. The highest BCUT2D eigenvalue weighted by atomic mass is 16.2. The molecule has 1 saturated heterocycles. The Morgan fingerprint density at radius 2 is 1.50 bits per heavy atom. The minimum atomic E-state index is -0.537. The van der Waals surface area contributed by atoms with E-state index in [1.807, 2.05) is 0 Å². The molecule has 0 unspecified atom stereocenters. The normalized spacial score (nSPS) is 17.8. The standard InChI is InChI=1S/C5H6N2O3/c8-3-6-1-2-7(4-9)5(6)10/h3-4H,1-2H2. The first-order valence-corrected chi connectivity index (χ1v) is 2.77. The summed E-state index contributed by atoms with van der Waals surface area (Å²) in [5.41, 5.74) is 0. The van der Waals surface area contributed by atoms with Crippen LogP contribution in [0.3, 0.4) is 0 Å². The van der Waals surface area contributed by atoms with Gasteiger partial charge in [-0.05, 0) is 0 Å². The molecule has 0 aromatic rings. The highest BCUT2D eigenvalue weighted by Gasteiger charge is 2.26. The quantitative estimate of drug-likeness (QED) is 0.466. The Labute approximate surface area is 57.2 Å².